The van der Waals surface area contributed by atoms with Crippen molar-refractivity contribution in [3.8, 4) is 5.75 Å². The third kappa shape index (κ3) is 5.75. The summed E-state index contributed by atoms with van der Waals surface area (Å²) in [5.41, 5.74) is 1.17. The molecule has 36 heavy (non-hydrogen) atoms. The van der Waals surface area contributed by atoms with Crippen molar-refractivity contribution in [2.24, 2.45) is 5.92 Å². The topological polar surface area (TPSA) is 75.9 Å². The molecule has 1 aliphatic heterocycles. The number of ether oxygens (including phenoxy) is 1. The largest absolute Gasteiger partial charge is 0.426 e. The van der Waals surface area contributed by atoms with Gasteiger partial charge in [-0.2, -0.15) is 0 Å². The maximum absolute atomic E-state index is 13.0. The van der Waals surface area contributed by atoms with Gasteiger partial charge in [0.15, 0.2) is 17.2 Å². The molecule has 1 saturated carbocycles. The molecule has 0 N–H and O–H groups in total. The van der Waals surface area contributed by atoms with Gasteiger partial charge in [0.25, 0.3) is 0 Å². The van der Waals surface area contributed by atoms with E-state index in [2.05, 4.69) is 15.0 Å². The number of carbonyl (C=O) groups excluding carboxylic acids is 2. The minimum atomic E-state index is -0.331. The van der Waals surface area contributed by atoms with Crippen LogP contribution in [0.4, 0.5) is 10.2 Å². The second-order valence-electron chi connectivity index (χ2n) is 9.78. The van der Waals surface area contributed by atoms with Gasteiger partial charge in [-0.1, -0.05) is 24.4 Å². The quantitative estimate of drug-likeness (QED) is 0.241. The van der Waals surface area contributed by atoms with Gasteiger partial charge in [0.1, 0.15) is 11.6 Å². The monoisotopic (exact) mass is 493 g/mol. The third-order valence-corrected chi connectivity index (χ3v) is 7.30. The molecule has 5 rings (SSSR count). The van der Waals surface area contributed by atoms with Crippen LogP contribution in [0.5, 0.6) is 5.75 Å². The molecule has 1 aliphatic carbocycles. The lowest BCUT2D eigenvalue weighted by Crippen LogP contribution is -2.46. The number of piperazine rings is 1. The molecule has 0 amide bonds. The number of nitrogens with zero attached hydrogens (tertiary/aromatic N) is 3. The SMILES string of the molecule is O=C(CCCN1CCN(c2noc3cc(OC(=O)C4CCCCC4)ccc23)CC1)c1ccc(F)cc1. The van der Waals surface area contributed by atoms with Crippen molar-refractivity contribution in [1.82, 2.24) is 10.1 Å². The molecule has 1 aromatic heterocycles. The number of halogens is 1. The molecule has 2 aromatic carbocycles. The first-order chi connectivity index (χ1) is 17.6. The van der Waals surface area contributed by atoms with E-state index >= 15 is 0 Å². The van der Waals surface area contributed by atoms with Crippen LogP contribution in [0.25, 0.3) is 11.0 Å². The number of hydrogen-bond donors (Lipinski definition) is 0. The van der Waals surface area contributed by atoms with Crippen molar-refractivity contribution in [1.29, 1.82) is 0 Å². The zero-order valence-corrected chi connectivity index (χ0v) is 20.5. The molecule has 3 aromatic rings. The summed E-state index contributed by atoms with van der Waals surface area (Å²) in [6.07, 6.45) is 6.41. The Morgan fingerprint density at radius 2 is 1.75 bits per heavy atom. The molecule has 7 nitrogen and oxygen atoms in total. The Kier molecular flexibility index (Phi) is 7.60. The van der Waals surface area contributed by atoms with Gasteiger partial charge in [0.2, 0.25) is 0 Å². The minimum absolute atomic E-state index is 0.00272. The summed E-state index contributed by atoms with van der Waals surface area (Å²) in [4.78, 5) is 29.3. The average molecular weight is 494 g/mol. The molecule has 2 aliphatic rings. The van der Waals surface area contributed by atoms with Gasteiger partial charge in [-0.25, -0.2) is 4.39 Å². The first kappa shape index (κ1) is 24.4. The van der Waals surface area contributed by atoms with Gasteiger partial charge >= 0.3 is 5.97 Å². The fraction of sp³-hybridized carbons (Fsp3) is 0.464. The van der Waals surface area contributed by atoms with Gasteiger partial charge < -0.3 is 14.2 Å². The van der Waals surface area contributed by atoms with Crippen LogP contribution in [0.2, 0.25) is 0 Å². The summed E-state index contributed by atoms with van der Waals surface area (Å²) < 4.78 is 24.3. The molecule has 0 atom stereocenters. The summed E-state index contributed by atoms with van der Waals surface area (Å²) in [7, 11) is 0. The highest BCUT2D eigenvalue weighted by molar-refractivity contribution is 5.96. The Bertz CT molecular complexity index is 1200. The zero-order valence-electron chi connectivity index (χ0n) is 20.5. The van der Waals surface area contributed by atoms with Crippen molar-refractivity contribution >= 4 is 28.5 Å². The molecule has 190 valence electrons. The van der Waals surface area contributed by atoms with Crippen LogP contribution in [0.15, 0.2) is 47.0 Å². The number of ketones is 1. The predicted octanol–water partition coefficient (Wildman–Crippen LogP) is 5.24. The molecule has 0 radical (unpaired) electrons. The number of aromatic nitrogens is 1. The minimum Gasteiger partial charge on any atom is -0.426 e. The second-order valence-corrected chi connectivity index (χ2v) is 9.78. The molecule has 0 unspecified atom stereocenters. The standard InChI is InChI=1S/C28H32FN3O4/c29-22-10-8-20(9-11-22)25(33)7-4-14-31-15-17-32(18-16-31)27-24-13-12-23(19-26(24)36-30-27)35-28(34)21-5-2-1-3-6-21/h8-13,19,21H,1-7,14-18H2. The highest BCUT2D eigenvalue weighted by atomic mass is 19.1. The lowest BCUT2D eigenvalue weighted by molar-refractivity contribution is -0.139. The van der Waals surface area contributed by atoms with E-state index in [1.165, 1.54) is 18.6 Å². The van der Waals surface area contributed by atoms with E-state index in [1.54, 1.807) is 18.2 Å². The van der Waals surface area contributed by atoms with E-state index in [1.807, 2.05) is 12.1 Å². The lowest BCUT2D eigenvalue weighted by atomic mass is 9.89. The number of fused-ring (bicyclic) bond motifs is 1. The van der Waals surface area contributed by atoms with Gasteiger partial charge in [0, 0.05) is 44.2 Å². The Morgan fingerprint density at radius 1 is 1.00 bits per heavy atom. The normalized spacial score (nSPS) is 17.4. The van der Waals surface area contributed by atoms with Crippen molar-refractivity contribution < 1.29 is 23.2 Å². The van der Waals surface area contributed by atoms with Crippen LogP contribution in [-0.4, -0.2) is 54.5 Å². The average Bonchev–Trinajstić information content (AvgIpc) is 3.33. The van der Waals surface area contributed by atoms with Crippen LogP contribution < -0.4 is 9.64 Å². The summed E-state index contributed by atoms with van der Waals surface area (Å²) in [5, 5.41) is 5.21. The molecule has 2 fully saturated rings. The van der Waals surface area contributed by atoms with Crippen molar-refractivity contribution in [3.63, 3.8) is 0 Å². The number of benzene rings is 2. The first-order valence-electron chi connectivity index (χ1n) is 12.9. The van der Waals surface area contributed by atoms with Crippen LogP contribution in [0.3, 0.4) is 0 Å². The van der Waals surface area contributed by atoms with Crippen LogP contribution in [0, 0.1) is 11.7 Å². The van der Waals surface area contributed by atoms with E-state index in [0.29, 0.717) is 23.3 Å². The van der Waals surface area contributed by atoms with Gasteiger partial charge in [0.05, 0.1) is 11.3 Å². The van der Waals surface area contributed by atoms with Crippen molar-refractivity contribution in [2.75, 3.05) is 37.6 Å². The molecular formula is C28H32FN3O4. The van der Waals surface area contributed by atoms with Crippen LogP contribution >= 0.6 is 0 Å². The van der Waals surface area contributed by atoms with E-state index in [0.717, 1.165) is 76.0 Å². The molecule has 2 heterocycles. The predicted molar refractivity (Wildman–Crippen MR) is 135 cm³/mol. The van der Waals surface area contributed by atoms with Crippen LogP contribution in [-0.2, 0) is 4.79 Å². The maximum Gasteiger partial charge on any atom is 0.314 e. The van der Waals surface area contributed by atoms with Crippen molar-refractivity contribution in [3.05, 3.63) is 53.8 Å². The van der Waals surface area contributed by atoms with Crippen molar-refractivity contribution in [2.45, 2.75) is 44.9 Å². The summed E-state index contributed by atoms with van der Waals surface area (Å²) in [6.45, 7) is 4.21. The zero-order chi connectivity index (χ0) is 24.9. The Labute approximate surface area is 210 Å². The van der Waals surface area contributed by atoms with Gasteiger partial charge in [-0.05, 0) is 62.2 Å². The number of anilines is 1. The second kappa shape index (κ2) is 11.2. The fourth-order valence-corrected chi connectivity index (χ4v) is 5.16. The molecule has 8 heteroatoms. The van der Waals surface area contributed by atoms with Gasteiger partial charge in [-0.3, -0.25) is 14.5 Å². The molecular weight excluding hydrogens is 461 g/mol. The maximum atomic E-state index is 13.0. The lowest BCUT2D eigenvalue weighted by Gasteiger charge is -2.34. The van der Waals surface area contributed by atoms with Gasteiger partial charge in [-0.15, -0.1) is 0 Å². The van der Waals surface area contributed by atoms with E-state index in [-0.39, 0.29) is 23.5 Å². The molecule has 0 spiro atoms. The number of esters is 1. The van der Waals surface area contributed by atoms with Crippen LogP contribution in [0.1, 0.15) is 55.3 Å². The van der Waals surface area contributed by atoms with E-state index < -0.39 is 0 Å². The number of hydrogen-bond acceptors (Lipinski definition) is 7. The number of rotatable bonds is 8. The third-order valence-electron chi connectivity index (χ3n) is 7.30. The fourth-order valence-electron chi connectivity index (χ4n) is 5.16. The van der Waals surface area contributed by atoms with E-state index in [9.17, 15) is 14.0 Å². The summed E-state index contributed by atoms with van der Waals surface area (Å²) >= 11 is 0. The number of carbonyl (C=O) groups is 2. The first-order valence-corrected chi connectivity index (χ1v) is 12.9. The Morgan fingerprint density at radius 3 is 2.50 bits per heavy atom. The molecule has 0 bridgehead atoms. The Balaban J connectivity index is 1.11. The summed E-state index contributed by atoms with van der Waals surface area (Å²) in [6, 6.07) is 11.2. The highest BCUT2D eigenvalue weighted by Crippen LogP contribution is 2.31. The Hall–Kier alpha value is -3.26. The summed E-state index contributed by atoms with van der Waals surface area (Å²) in [5.74, 6) is 0.873. The molecule has 1 saturated heterocycles. The highest BCUT2D eigenvalue weighted by Gasteiger charge is 2.25. The number of Topliss-reactive ketones (excluding diaryl/α,β-unsaturated/α-hetero) is 1. The van der Waals surface area contributed by atoms with E-state index in [4.69, 9.17) is 9.26 Å². The smallest absolute Gasteiger partial charge is 0.314 e.